The Bertz CT molecular complexity index is 265. The molecule has 1 heteroatoms. The predicted molar refractivity (Wildman–Crippen MR) is 59.2 cm³/mol. The third kappa shape index (κ3) is 0.816. The van der Waals surface area contributed by atoms with Gasteiger partial charge >= 0.3 is 0 Å². The summed E-state index contributed by atoms with van der Waals surface area (Å²) < 4.78 is 0. The molecule has 0 aromatic carbocycles. The van der Waals surface area contributed by atoms with Crippen LogP contribution in [0.25, 0.3) is 0 Å². The topological polar surface area (TPSA) is 3.24 Å². The maximum absolute atomic E-state index is 2.84. The zero-order valence-electron chi connectivity index (χ0n) is 10.2. The molecule has 3 aliphatic rings. The number of hydrogen-bond donors (Lipinski definition) is 0. The molecule has 3 unspecified atom stereocenters. The standard InChI is InChI=1S/C13H23N/c1-8-6-7-13(10-9(2)11(10)13)14(8)12(3,4)5/h8-11H,6-7H2,1-5H3. The van der Waals surface area contributed by atoms with Crippen molar-refractivity contribution in [1.82, 2.24) is 4.90 Å². The van der Waals surface area contributed by atoms with Crippen molar-refractivity contribution in [2.24, 2.45) is 17.8 Å². The van der Waals surface area contributed by atoms with Gasteiger partial charge in [0.15, 0.2) is 0 Å². The van der Waals surface area contributed by atoms with Crippen LogP contribution in [0.3, 0.4) is 0 Å². The van der Waals surface area contributed by atoms with Crippen LogP contribution in [-0.4, -0.2) is 22.0 Å². The van der Waals surface area contributed by atoms with Crippen molar-refractivity contribution < 1.29 is 0 Å². The number of nitrogens with zero attached hydrogens (tertiary/aromatic N) is 1. The van der Waals surface area contributed by atoms with E-state index in [1.54, 1.807) is 0 Å². The molecule has 1 nitrogen and oxygen atoms in total. The minimum Gasteiger partial charge on any atom is -0.290 e. The molecule has 14 heavy (non-hydrogen) atoms. The summed E-state index contributed by atoms with van der Waals surface area (Å²) in [5.74, 6) is 3.20. The van der Waals surface area contributed by atoms with Crippen molar-refractivity contribution >= 4 is 0 Å². The van der Waals surface area contributed by atoms with E-state index in [1.165, 1.54) is 12.8 Å². The summed E-state index contributed by atoms with van der Waals surface area (Å²) in [6.45, 7) is 12.0. The summed E-state index contributed by atoms with van der Waals surface area (Å²) >= 11 is 0. The first-order chi connectivity index (χ1) is 6.40. The van der Waals surface area contributed by atoms with Gasteiger partial charge < -0.3 is 0 Å². The van der Waals surface area contributed by atoms with Gasteiger partial charge in [-0.05, 0) is 58.3 Å². The van der Waals surface area contributed by atoms with Crippen LogP contribution in [0.2, 0.25) is 0 Å². The Hall–Kier alpha value is -0.0400. The lowest BCUT2D eigenvalue weighted by atomic mass is 9.92. The van der Waals surface area contributed by atoms with Crippen LogP contribution in [0.1, 0.15) is 47.5 Å². The van der Waals surface area contributed by atoms with E-state index in [0.29, 0.717) is 11.1 Å². The highest BCUT2D eigenvalue weighted by molar-refractivity contribution is 5.37. The Morgan fingerprint density at radius 1 is 1.14 bits per heavy atom. The summed E-state index contributed by atoms with van der Waals surface area (Å²) in [7, 11) is 0. The number of hydrogen-bond acceptors (Lipinski definition) is 1. The molecule has 3 atom stereocenters. The van der Waals surface area contributed by atoms with E-state index in [2.05, 4.69) is 39.5 Å². The van der Waals surface area contributed by atoms with Gasteiger partial charge in [-0.1, -0.05) is 6.92 Å². The minimum atomic E-state index is 0.378. The molecule has 0 bridgehead atoms. The van der Waals surface area contributed by atoms with Gasteiger partial charge in [-0.2, -0.15) is 0 Å². The highest BCUT2D eigenvalue weighted by Gasteiger charge is 2.85. The summed E-state index contributed by atoms with van der Waals surface area (Å²) in [5.41, 5.74) is 1.06. The largest absolute Gasteiger partial charge is 0.290 e. The zero-order chi connectivity index (χ0) is 10.3. The van der Waals surface area contributed by atoms with Crippen LogP contribution in [0.4, 0.5) is 0 Å². The maximum Gasteiger partial charge on any atom is 0.0286 e. The Morgan fingerprint density at radius 2 is 1.71 bits per heavy atom. The second-order valence-corrected chi connectivity index (χ2v) is 6.83. The Morgan fingerprint density at radius 3 is 2.14 bits per heavy atom. The van der Waals surface area contributed by atoms with Crippen molar-refractivity contribution in [2.75, 3.05) is 0 Å². The molecule has 0 amide bonds. The average Bonchev–Trinajstić information content (AvgIpc) is 2.83. The first kappa shape index (κ1) is 9.21. The molecule has 1 spiro atoms. The second kappa shape index (κ2) is 2.21. The monoisotopic (exact) mass is 193 g/mol. The van der Waals surface area contributed by atoms with Gasteiger partial charge in [0.25, 0.3) is 0 Å². The van der Waals surface area contributed by atoms with Crippen molar-refractivity contribution in [1.29, 1.82) is 0 Å². The van der Waals surface area contributed by atoms with Gasteiger partial charge in [-0.25, -0.2) is 0 Å². The second-order valence-electron chi connectivity index (χ2n) is 6.83. The van der Waals surface area contributed by atoms with E-state index >= 15 is 0 Å². The smallest absolute Gasteiger partial charge is 0.0286 e. The molecule has 0 aromatic rings. The van der Waals surface area contributed by atoms with E-state index in [9.17, 15) is 0 Å². The van der Waals surface area contributed by atoms with Crippen LogP contribution in [-0.2, 0) is 0 Å². The van der Waals surface area contributed by atoms with Crippen LogP contribution >= 0.6 is 0 Å². The fourth-order valence-corrected chi connectivity index (χ4v) is 4.78. The van der Waals surface area contributed by atoms with Gasteiger partial charge in [0.1, 0.15) is 0 Å². The molecule has 2 saturated carbocycles. The molecule has 3 fully saturated rings. The highest BCUT2D eigenvalue weighted by atomic mass is 15.4. The lowest BCUT2D eigenvalue weighted by molar-refractivity contribution is 0.0323. The Kier molecular flexibility index (Phi) is 1.45. The third-order valence-corrected chi connectivity index (χ3v) is 5.00. The van der Waals surface area contributed by atoms with Crippen LogP contribution < -0.4 is 0 Å². The fourth-order valence-electron chi connectivity index (χ4n) is 4.78. The van der Waals surface area contributed by atoms with Crippen LogP contribution in [0.15, 0.2) is 0 Å². The van der Waals surface area contributed by atoms with Crippen molar-refractivity contribution in [3.8, 4) is 0 Å². The molecular formula is C13H23N. The Balaban J connectivity index is 1.88. The quantitative estimate of drug-likeness (QED) is 0.572. The molecule has 2 aliphatic carbocycles. The molecule has 0 aromatic heterocycles. The molecular weight excluding hydrogens is 170 g/mol. The summed E-state index contributed by atoms with van der Waals surface area (Å²) in [6.07, 6.45) is 2.90. The van der Waals surface area contributed by atoms with Gasteiger partial charge in [0.2, 0.25) is 0 Å². The van der Waals surface area contributed by atoms with E-state index in [-0.39, 0.29) is 0 Å². The van der Waals surface area contributed by atoms with Gasteiger partial charge in [-0.15, -0.1) is 0 Å². The molecule has 1 saturated heterocycles. The first-order valence-electron chi connectivity index (χ1n) is 6.20. The Labute approximate surface area is 87.9 Å². The lowest BCUT2D eigenvalue weighted by Gasteiger charge is -2.44. The lowest BCUT2D eigenvalue weighted by Crippen LogP contribution is -2.53. The zero-order valence-corrected chi connectivity index (χ0v) is 10.2. The predicted octanol–water partition coefficient (Wildman–Crippen LogP) is 2.90. The van der Waals surface area contributed by atoms with E-state index < -0.39 is 0 Å². The minimum absolute atomic E-state index is 0.378. The van der Waals surface area contributed by atoms with Crippen molar-refractivity contribution in [2.45, 2.75) is 64.6 Å². The fraction of sp³-hybridized carbons (Fsp3) is 1.00. The molecule has 1 heterocycles. The summed E-state index contributed by atoms with van der Waals surface area (Å²) in [4.78, 5) is 2.84. The van der Waals surface area contributed by atoms with Crippen LogP contribution in [0, 0.1) is 17.8 Å². The number of likely N-dealkylation sites (tertiary alicyclic amines) is 1. The van der Waals surface area contributed by atoms with Gasteiger partial charge in [-0.3, -0.25) is 4.90 Å². The highest BCUT2D eigenvalue weighted by Crippen LogP contribution is 2.81. The van der Waals surface area contributed by atoms with Gasteiger partial charge in [0.05, 0.1) is 0 Å². The SMILES string of the molecule is CC1C2C1C21CCC(C)N1C(C)(C)C. The number of fused-ring (bicyclic) bond motifs is 3. The third-order valence-electron chi connectivity index (χ3n) is 5.00. The molecule has 0 radical (unpaired) electrons. The molecule has 0 N–H and O–H groups in total. The molecule has 80 valence electrons. The first-order valence-corrected chi connectivity index (χ1v) is 6.20. The summed E-state index contributed by atoms with van der Waals surface area (Å²) in [5, 5.41) is 0. The van der Waals surface area contributed by atoms with Crippen molar-refractivity contribution in [3.05, 3.63) is 0 Å². The van der Waals surface area contributed by atoms with E-state index in [0.717, 1.165) is 23.8 Å². The molecule has 3 rings (SSSR count). The maximum atomic E-state index is 2.84. The normalized spacial score (nSPS) is 56.4. The number of rotatable bonds is 0. The van der Waals surface area contributed by atoms with Crippen LogP contribution in [0.5, 0.6) is 0 Å². The van der Waals surface area contributed by atoms with E-state index in [1.807, 2.05) is 0 Å². The molecule has 1 aliphatic heterocycles. The van der Waals surface area contributed by atoms with Crippen molar-refractivity contribution in [3.63, 3.8) is 0 Å². The van der Waals surface area contributed by atoms with E-state index in [4.69, 9.17) is 0 Å². The van der Waals surface area contributed by atoms with Gasteiger partial charge in [0, 0.05) is 17.1 Å². The average molecular weight is 193 g/mol. The summed E-state index contributed by atoms with van der Waals surface area (Å²) in [6, 6.07) is 0.815.